The Morgan fingerprint density at radius 2 is 1.74 bits per heavy atom. The van der Waals surface area contributed by atoms with E-state index < -0.39 is 21.5 Å². The summed E-state index contributed by atoms with van der Waals surface area (Å²) < 4.78 is 24.4. The lowest BCUT2D eigenvalue weighted by atomic mass is 9.98. The van der Waals surface area contributed by atoms with Gasteiger partial charge in [-0.05, 0) is 34.9 Å². The first-order valence-electron chi connectivity index (χ1n) is 9.45. The SMILES string of the molecule is CCCCCS(=O)(=O)CC(=O)NC(c1ccc(C(C)C)cc1)c1cccs1. The van der Waals surface area contributed by atoms with E-state index >= 15 is 0 Å². The summed E-state index contributed by atoms with van der Waals surface area (Å²) in [5, 5.41) is 4.88. The lowest BCUT2D eigenvalue weighted by molar-refractivity contribution is -0.119. The molecule has 1 atom stereocenters. The molecule has 148 valence electrons. The van der Waals surface area contributed by atoms with Crippen LogP contribution < -0.4 is 5.32 Å². The van der Waals surface area contributed by atoms with E-state index in [0.717, 1.165) is 23.3 Å². The van der Waals surface area contributed by atoms with Gasteiger partial charge in [0, 0.05) is 4.88 Å². The van der Waals surface area contributed by atoms with Gasteiger partial charge in [-0.25, -0.2) is 8.42 Å². The van der Waals surface area contributed by atoms with Crippen LogP contribution in [0.3, 0.4) is 0 Å². The third-order valence-electron chi connectivity index (χ3n) is 4.48. The number of benzene rings is 1. The highest BCUT2D eigenvalue weighted by Gasteiger charge is 2.22. The van der Waals surface area contributed by atoms with Gasteiger partial charge in [0.15, 0.2) is 9.84 Å². The molecule has 0 aliphatic rings. The van der Waals surface area contributed by atoms with Crippen molar-refractivity contribution in [3.8, 4) is 0 Å². The van der Waals surface area contributed by atoms with Crippen molar-refractivity contribution in [2.45, 2.75) is 52.0 Å². The Morgan fingerprint density at radius 1 is 1.07 bits per heavy atom. The second-order valence-electron chi connectivity index (χ2n) is 7.14. The number of rotatable bonds is 10. The maximum absolute atomic E-state index is 12.5. The summed E-state index contributed by atoms with van der Waals surface area (Å²) in [6.07, 6.45) is 2.42. The van der Waals surface area contributed by atoms with Crippen LogP contribution in [-0.2, 0) is 14.6 Å². The monoisotopic (exact) mass is 407 g/mol. The summed E-state index contributed by atoms with van der Waals surface area (Å²) in [6, 6.07) is 11.7. The van der Waals surface area contributed by atoms with Crippen LogP contribution in [0.15, 0.2) is 41.8 Å². The molecule has 0 bridgehead atoms. The van der Waals surface area contributed by atoms with Crippen LogP contribution in [0.2, 0.25) is 0 Å². The van der Waals surface area contributed by atoms with Gasteiger partial charge in [0.25, 0.3) is 0 Å². The van der Waals surface area contributed by atoms with Crippen molar-refractivity contribution < 1.29 is 13.2 Å². The van der Waals surface area contributed by atoms with Crippen molar-refractivity contribution in [2.24, 2.45) is 0 Å². The molecular formula is C21H29NO3S2. The molecule has 6 heteroatoms. The van der Waals surface area contributed by atoms with Crippen molar-refractivity contribution in [2.75, 3.05) is 11.5 Å². The Kier molecular flexibility index (Phi) is 8.05. The molecule has 27 heavy (non-hydrogen) atoms. The molecule has 0 saturated heterocycles. The molecule has 1 aromatic carbocycles. The van der Waals surface area contributed by atoms with Crippen LogP contribution >= 0.6 is 11.3 Å². The fourth-order valence-electron chi connectivity index (χ4n) is 2.89. The Bertz CT molecular complexity index is 810. The summed E-state index contributed by atoms with van der Waals surface area (Å²) in [7, 11) is -3.38. The lowest BCUT2D eigenvalue weighted by Crippen LogP contribution is -2.34. The van der Waals surface area contributed by atoms with E-state index in [2.05, 4.69) is 31.3 Å². The minimum atomic E-state index is -3.38. The largest absolute Gasteiger partial charge is 0.343 e. The number of thiophene rings is 1. The maximum atomic E-state index is 12.5. The van der Waals surface area contributed by atoms with Gasteiger partial charge in [0.1, 0.15) is 5.75 Å². The molecule has 0 fully saturated rings. The number of amides is 1. The standard InChI is InChI=1S/C21H29NO3S2/c1-4-5-6-14-27(24,25)15-20(23)22-21(19-8-7-13-26-19)18-11-9-17(10-12-18)16(2)3/h7-13,16,21H,4-6,14-15H2,1-3H3,(H,22,23). The van der Waals surface area contributed by atoms with Crippen molar-refractivity contribution in [3.05, 3.63) is 57.8 Å². The van der Waals surface area contributed by atoms with E-state index in [1.165, 1.54) is 5.56 Å². The Hall–Kier alpha value is -1.66. The first kappa shape index (κ1) is 21.6. The number of nitrogens with one attached hydrogen (secondary N) is 1. The topological polar surface area (TPSA) is 63.2 Å². The molecule has 0 radical (unpaired) electrons. The van der Waals surface area contributed by atoms with Crippen LogP contribution in [-0.4, -0.2) is 25.8 Å². The van der Waals surface area contributed by atoms with Gasteiger partial charge in [0.05, 0.1) is 11.8 Å². The molecule has 2 rings (SSSR count). The molecule has 0 aliphatic carbocycles. The minimum Gasteiger partial charge on any atom is -0.343 e. The van der Waals surface area contributed by atoms with E-state index in [-0.39, 0.29) is 11.8 Å². The summed E-state index contributed by atoms with van der Waals surface area (Å²) in [5.41, 5.74) is 2.19. The second-order valence-corrected chi connectivity index (χ2v) is 10.3. The second kappa shape index (κ2) is 10.0. The van der Waals surface area contributed by atoms with Gasteiger partial charge in [-0.2, -0.15) is 0 Å². The third kappa shape index (κ3) is 6.78. The smallest absolute Gasteiger partial charge is 0.235 e. The van der Waals surface area contributed by atoms with Gasteiger partial charge in [-0.1, -0.05) is 63.9 Å². The highest BCUT2D eigenvalue weighted by molar-refractivity contribution is 7.92. The molecule has 0 saturated carbocycles. The van der Waals surface area contributed by atoms with Crippen LogP contribution in [0.1, 0.15) is 68.0 Å². The number of unbranched alkanes of at least 4 members (excludes halogenated alkanes) is 2. The summed E-state index contributed by atoms with van der Waals surface area (Å²) in [4.78, 5) is 13.4. The van der Waals surface area contributed by atoms with Gasteiger partial charge >= 0.3 is 0 Å². The van der Waals surface area contributed by atoms with Crippen molar-refractivity contribution in [1.82, 2.24) is 5.32 Å². The van der Waals surface area contributed by atoms with E-state index in [9.17, 15) is 13.2 Å². The van der Waals surface area contributed by atoms with Gasteiger partial charge in [-0.15, -0.1) is 11.3 Å². The fourth-order valence-corrected chi connectivity index (χ4v) is 4.97. The van der Waals surface area contributed by atoms with Crippen molar-refractivity contribution in [1.29, 1.82) is 0 Å². The fraction of sp³-hybridized carbons (Fsp3) is 0.476. The van der Waals surface area contributed by atoms with Crippen LogP contribution in [0.5, 0.6) is 0 Å². The quantitative estimate of drug-likeness (QED) is 0.582. The normalized spacial score (nSPS) is 12.9. The van der Waals surface area contributed by atoms with Crippen molar-refractivity contribution in [3.63, 3.8) is 0 Å². The summed E-state index contributed by atoms with van der Waals surface area (Å²) in [5.74, 6) is -0.399. The Morgan fingerprint density at radius 3 is 2.30 bits per heavy atom. The molecule has 1 unspecified atom stereocenters. The third-order valence-corrected chi connectivity index (χ3v) is 7.03. The molecule has 1 amide bonds. The molecule has 0 aliphatic heterocycles. The molecule has 4 nitrogen and oxygen atoms in total. The summed E-state index contributed by atoms with van der Waals surface area (Å²) in [6.45, 7) is 6.30. The van der Waals surface area contributed by atoms with E-state index in [1.807, 2.05) is 36.6 Å². The average molecular weight is 408 g/mol. The zero-order chi connectivity index (χ0) is 19.9. The zero-order valence-electron chi connectivity index (χ0n) is 16.3. The lowest BCUT2D eigenvalue weighted by Gasteiger charge is -2.19. The first-order chi connectivity index (χ1) is 12.8. The first-order valence-corrected chi connectivity index (χ1v) is 12.2. The van der Waals surface area contributed by atoms with Gasteiger partial charge in [0.2, 0.25) is 5.91 Å². The van der Waals surface area contributed by atoms with E-state index in [1.54, 1.807) is 11.3 Å². The average Bonchev–Trinajstić information content (AvgIpc) is 3.14. The number of sulfone groups is 1. The molecule has 2 aromatic rings. The summed E-state index contributed by atoms with van der Waals surface area (Å²) >= 11 is 1.55. The minimum absolute atomic E-state index is 0.0705. The van der Waals surface area contributed by atoms with Crippen LogP contribution in [0.4, 0.5) is 0 Å². The Balaban J connectivity index is 2.12. The number of carbonyl (C=O) groups is 1. The Labute approximate surface area is 166 Å². The molecule has 1 aromatic heterocycles. The zero-order valence-corrected chi connectivity index (χ0v) is 17.9. The predicted octanol–water partition coefficient (Wildman–Crippen LogP) is 4.68. The maximum Gasteiger partial charge on any atom is 0.235 e. The molecule has 1 heterocycles. The van der Waals surface area contributed by atoms with E-state index in [0.29, 0.717) is 12.3 Å². The highest BCUT2D eigenvalue weighted by Crippen LogP contribution is 2.27. The van der Waals surface area contributed by atoms with Crippen molar-refractivity contribution >= 4 is 27.1 Å². The van der Waals surface area contributed by atoms with Gasteiger partial charge in [-0.3, -0.25) is 4.79 Å². The number of hydrogen-bond acceptors (Lipinski definition) is 4. The predicted molar refractivity (Wildman–Crippen MR) is 113 cm³/mol. The molecular weight excluding hydrogens is 378 g/mol. The van der Waals surface area contributed by atoms with Crippen LogP contribution in [0.25, 0.3) is 0 Å². The highest BCUT2D eigenvalue weighted by atomic mass is 32.2. The molecule has 0 spiro atoms. The number of hydrogen-bond donors (Lipinski definition) is 1. The van der Waals surface area contributed by atoms with Gasteiger partial charge < -0.3 is 5.32 Å². The van der Waals surface area contributed by atoms with Crippen LogP contribution in [0, 0.1) is 0 Å². The van der Waals surface area contributed by atoms with E-state index in [4.69, 9.17) is 0 Å². The number of carbonyl (C=O) groups excluding carboxylic acids is 1. The molecule has 1 N–H and O–H groups in total.